The van der Waals surface area contributed by atoms with Crippen molar-refractivity contribution < 1.29 is 0 Å². The van der Waals surface area contributed by atoms with Crippen molar-refractivity contribution in [2.75, 3.05) is 45.1 Å². The number of likely N-dealkylation sites (N-methyl/N-ethyl adjacent to an activating group) is 1. The predicted molar refractivity (Wildman–Crippen MR) is 82.7 cm³/mol. The molecule has 19 heavy (non-hydrogen) atoms. The maximum absolute atomic E-state index is 3.48. The first-order valence-corrected chi connectivity index (χ1v) is 7.51. The highest BCUT2D eigenvalue weighted by Gasteiger charge is 2.21. The quantitative estimate of drug-likeness (QED) is 0.794. The molecule has 1 aliphatic rings. The van der Waals surface area contributed by atoms with Gasteiger partial charge in [0.05, 0.1) is 0 Å². The standard InChI is InChI=1S/C16H27N3/c1-3-16-14-19(13-12-18(16)2)11-7-10-17-15-8-5-4-6-9-15/h4-6,8-9,16-17H,3,7,10-14H2,1-2H3. The van der Waals surface area contributed by atoms with Gasteiger partial charge in [0.1, 0.15) is 0 Å². The number of para-hydroxylation sites is 1. The molecule has 106 valence electrons. The number of piperazine rings is 1. The van der Waals surface area contributed by atoms with E-state index in [1.165, 1.54) is 44.7 Å². The van der Waals surface area contributed by atoms with Crippen molar-refractivity contribution in [3.8, 4) is 0 Å². The largest absolute Gasteiger partial charge is 0.385 e. The molecule has 3 nitrogen and oxygen atoms in total. The van der Waals surface area contributed by atoms with Crippen LogP contribution in [-0.2, 0) is 0 Å². The molecule has 1 N–H and O–H groups in total. The predicted octanol–water partition coefficient (Wildman–Crippen LogP) is 2.51. The number of benzene rings is 1. The van der Waals surface area contributed by atoms with E-state index in [2.05, 4.69) is 59.4 Å². The van der Waals surface area contributed by atoms with E-state index in [0.717, 1.165) is 12.6 Å². The first-order chi connectivity index (χ1) is 9.29. The second-order valence-corrected chi connectivity index (χ2v) is 5.49. The lowest BCUT2D eigenvalue weighted by molar-refractivity contribution is 0.0931. The van der Waals surface area contributed by atoms with Crippen LogP contribution in [0.5, 0.6) is 0 Å². The zero-order valence-electron chi connectivity index (χ0n) is 12.3. The molecular formula is C16H27N3. The Balaban J connectivity index is 1.63. The van der Waals surface area contributed by atoms with Crippen LogP contribution in [0.3, 0.4) is 0 Å². The van der Waals surface area contributed by atoms with Crippen molar-refractivity contribution >= 4 is 5.69 Å². The molecule has 3 heteroatoms. The molecule has 1 heterocycles. The fraction of sp³-hybridized carbons (Fsp3) is 0.625. The van der Waals surface area contributed by atoms with E-state index >= 15 is 0 Å². The highest BCUT2D eigenvalue weighted by molar-refractivity contribution is 5.42. The first kappa shape index (κ1) is 14.4. The Kier molecular flexibility index (Phi) is 5.67. The molecule has 0 bridgehead atoms. The summed E-state index contributed by atoms with van der Waals surface area (Å²) in [6.45, 7) is 8.24. The van der Waals surface area contributed by atoms with Gasteiger partial charge in [-0.05, 0) is 38.6 Å². The fourth-order valence-corrected chi connectivity index (χ4v) is 2.75. The monoisotopic (exact) mass is 261 g/mol. The molecule has 1 aromatic carbocycles. The SMILES string of the molecule is CCC1CN(CCCNc2ccccc2)CCN1C. The summed E-state index contributed by atoms with van der Waals surface area (Å²) in [5.41, 5.74) is 1.23. The van der Waals surface area contributed by atoms with Crippen LogP contribution in [0.25, 0.3) is 0 Å². The van der Waals surface area contributed by atoms with Crippen LogP contribution in [0.4, 0.5) is 5.69 Å². The molecule has 2 rings (SSSR count). The Morgan fingerprint density at radius 3 is 2.74 bits per heavy atom. The van der Waals surface area contributed by atoms with E-state index in [1.54, 1.807) is 0 Å². The molecule has 0 aromatic heterocycles. The third-order valence-electron chi connectivity index (χ3n) is 4.09. The zero-order valence-corrected chi connectivity index (χ0v) is 12.3. The average molecular weight is 261 g/mol. The molecule has 0 amide bonds. The van der Waals surface area contributed by atoms with E-state index < -0.39 is 0 Å². The van der Waals surface area contributed by atoms with E-state index in [4.69, 9.17) is 0 Å². The topological polar surface area (TPSA) is 18.5 Å². The third-order valence-corrected chi connectivity index (χ3v) is 4.09. The molecule has 1 aliphatic heterocycles. The summed E-state index contributed by atoms with van der Waals surface area (Å²) in [4.78, 5) is 5.11. The van der Waals surface area contributed by atoms with Gasteiger partial charge in [-0.25, -0.2) is 0 Å². The molecule has 1 fully saturated rings. The summed E-state index contributed by atoms with van der Waals surface area (Å²) < 4.78 is 0. The maximum atomic E-state index is 3.48. The Morgan fingerprint density at radius 2 is 2.00 bits per heavy atom. The van der Waals surface area contributed by atoms with Gasteiger partial charge in [0, 0.05) is 37.9 Å². The summed E-state index contributed by atoms with van der Waals surface area (Å²) in [6.07, 6.45) is 2.48. The van der Waals surface area contributed by atoms with Gasteiger partial charge in [-0.1, -0.05) is 25.1 Å². The number of hydrogen-bond acceptors (Lipinski definition) is 3. The van der Waals surface area contributed by atoms with Crippen molar-refractivity contribution in [1.82, 2.24) is 9.80 Å². The second-order valence-electron chi connectivity index (χ2n) is 5.49. The number of rotatable bonds is 6. The van der Waals surface area contributed by atoms with Crippen molar-refractivity contribution in [2.45, 2.75) is 25.8 Å². The van der Waals surface area contributed by atoms with Crippen molar-refractivity contribution in [3.05, 3.63) is 30.3 Å². The second kappa shape index (κ2) is 7.51. The summed E-state index contributed by atoms with van der Waals surface area (Å²) in [5, 5.41) is 3.48. The van der Waals surface area contributed by atoms with Gasteiger partial charge in [0.25, 0.3) is 0 Å². The van der Waals surface area contributed by atoms with Crippen LogP contribution < -0.4 is 5.32 Å². The molecule has 1 atom stereocenters. The van der Waals surface area contributed by atoms with Gasteiger partial charge in [-0.2, -0.15) is 0 Å². The van der Waals surface area contributed by atoms with Gasteiger partial charge < -0.3 is 15.1 Å². The lowest BCUT2D eigenvalue weighted by Gasteiger charge is -2.39. The van der Waals surface area contributed by atoms with E-state index in [9.17, 15) is 0 Å². The minimum atomic E-state index is 0.746. The lowest BCUT2D eigenvalue weighted by atomic mass is 10.1. The lowest BCUT2D eigenvalue weighted by Crippen LogP contribution is -2.51. The van der Waals surface area contributed by atoms with Gasteiger partial charge in [0.15, 0.2) is 0 Å². The van der Waals surface area contributed by atoms with Crippen molar-refractivity contribution in [3.63, 3.8) is 0 Å². The minimum Gasteiger partial charge on any atom is -0.385 e. The molecule has 0 saturated carbocycles. The first-order valence-electron chi connectivity index (χ1n) is 7.51. The van der Waals surface area contributed by atoms with Gasteiger partial charge >= 0.3 is 0 Å². The molecular weight excluding hydrogens is 234 g/mol. The third kappa shape index (κ3) is 4.51. The van der Waals surface area contributed by atoms with Crippen molar-refractivity contribution in [2.24, 2.45) is 0 Å². The number of anilines is 1. The highest BCUT2D eigenvalue weighted by Crippen LogP contribution is 2.11. The Hall–Kier alpha value is -1.06. The van der Waals surface area contributed by atoms with Crippen LogP contribution >= 0.6 is 0 Å². The number of hydrogen-bond donors (Lipinski definition) is 1. The smallest absolute Gasteiger partial charge is 0.0340 e. The van der Waals surface area contributed by atoms with Gasteiger partial charge in [0.2, 0.25) is 0 Å². The molecule has 1 unspecified atom stereocenters. The maximum Gasteiger partial charge on any atom is 0.0340 e. The van der Waals surface area contributed by atoms with Crippen LogP contribution in [-0.4, -0.2) is 55.6 Å². The molecule has 0 aliphatic carbocycles. The molecule has 1 aromatic rings. The summed E-state index contributed by atoms with van der Waals surface area (Å²) >= 11 is 0. The fourth-order valence-electron chi connectivity index (χ4n) is 2.75. The van der Waals surface area contributed by atoms with E-state index in [1.807, 2.05) is 0 Å². The summed E-state index contributed by atoms with van der Waals surface area (Å²) in [6, 6.07) is 11.2. The number of nitrogens with one attached hydrogen (secondary N) is 1. The van der Waals surface area contributed by atoms with Crippen molar-refractivity contribution in [1.29, 1.82) is 0 Å². The van der Waals surface area contributed by atoms with E-state index in [0.29, 0.717) is 0 Å². The van der Waals surface area contributed by atoms with Crippen LogP contribution in [0.15, 0.2) is 30.3 Å². The van der Waals surface area contributed by atoms with Crippen LogP contribution in [0.2, 0.25) is 0 Å². The van der Waals surface area contributed by atoms with Gasteiger partial charge in [-0.3, -0.25) is 0 Å². The highest BCUT2D eigenvalue weighted by atomic mass is 15.3. The summed E-state index contributed by atoms with van der Waals surface area (Å²) in [7, 11) is 2.25. The van der Waals surface area contributed by atoms with Crippen LogP contribution in [0, 0.1) is 0 Å². The zero-order chi connectivity index (χ0) is 13.5. The Labute approximate surface area is 117 Å². The van der Waals surface area contributed by atoms with E-state index in [-0.39, 0.29) is 0 Å². The normalized spacial score (nSPS) is 21.5. The molecule has 0 spiro atoms. The van der Waals surface area contributed by atoms with Gasteiger partial charge in [-0.15, -0.1) is 0 Å². The average Bonchev–Trinajstić information content (AvgIpc) is 2.46. The Bertz CT molecular complexity index is 352. The number of nitrogens with zero attached hydrogens (tertiary/aromatic N) is 2. The molecule has 0 radical (unpaired) electrons. The molecule has 1 saturated heterocycles. The minimum absolute atomic E-state index is 0.746. The Morgan fingerprint density at radius 1 is 1.21 bits per heavy atom. The van der Waals surface area contributed by atoms with Crippen LogP contribution in [0.1, 0.15) is 19.8 Å². The summed E-state index contributed by atoms with van der Waals surface area (Å²) in [5.74, 6) is 0.